The molecule has 0 saturated heterocycles. The van der Waals surface area contributed by atoms with Crippen molar-refractivity contribution in [2.24, 2.45) is 5.92 Å². The highest BCUT2D eigenvalue weighted by Gasteiger charge is 2.16. The lowest BCUT2D eigenvalue weighted by molar-refractivity contribution is 0.0950. The van der Waals surface area contributed by atoms with Crippen LogP contribution in [0.5, 0.6) is 0 Å². The van der Waals surface area contributed by atoms with Crippen molar-refractivity contribution in [2.45, 2.75) is 13.8 Å². The largest absolute Gasteiger partial charge is 0.352 e. The lowest BCUT2D eigenvalue weighted by Crippen LogP contribution is -2.28. The molecule has 0 radical (unpaired) electrons. The highest BCUT2D eigenvalue weighted by atomic mass is 35.5. The normalized spacial score (nSPS) is 10.5. The quantitative estimate of drug-likeness (QED) is 0.812. The van der Waals surface area contributed by atoms with Crippen molar-refractivity contribution < 1.29 is 9.59 Å². The third kappa shape index (κ3) is 4.49. The Morgan fingerprint density at radius 1 is 0.958 bits per heavy atom. The fourth-order valence-corrected chi connectivity index (χ4v) is 2.44. The molecule has 0 unspecified atom stereocenters. The average Bonchev–Trinajstić information content (AvgIpc) is 2.55. The van der Waals surface area contributed by atoms with Crippen LogP contribution in [0, 0.1) is 5.92 Å². The number of carbonyl (C=O) groups excluding carboxylic acids is 2. The molecule has 24 heavy (non-hydrogen) atoms. The number of amides is 2. The predicted octanol–water partition coefficient (Wildman–Crippen LogP) is 4.63. The maximum Gasteiger partial charge on any atom is 0.257 e. The molecule has 0 aromatic heterocycles. The van der Waals surface area contributed by atoms with Crippen LogP contribution in [0.1, 0.15) is 34.6 Å². The highest BCUT2D eigenvalue weighted by molar-refractivity contribution is 6.44. The van der Waals surface area contributed by atoms with Gasteiger partial charge in [-0.2, -0.15) is 0 Å². The molecular weight excluding hydrogens is 347 g/mol. The van der Waals surface area contributed by atoms with Crippen molar-refractivity contribution >= 4 is 40.7 Å². The van der Waals surface area contributed by atoms with Crippen LogP contribution in [0.3, 0.4) is 0 Å². The first-order valence-electron chi connectivity index (χ1n) is 7.52. The number of hydrogen-bond donors (Lipinski definition) is 2. The minimum atomic E-state index is -0.424. The van der Waals surface area contributed by atoms with Crippen molar-refractivity contribution in [3.8, 4) is 0 Å². The Kier molecular flexibility index (Phi) is 6.23. The molecule has 2 amide bonds. The van der Waals surface area contributed by atoms with Crippen molar-refractivity contribution in [1.29, 1.82) is 0 Å². The second-order valence-corrected chi connectivity index (χ2v) is 6.49. The topological polar surface area (TPSA) is 58.2 Å². The zero-order valence-electron chi connectivity index (χ0n) is 13.4. The van der Waals surface area contributed by atoms with Crippen LogP contribution >= 0.6 is 23.2 Å². The zero-order chi connectivity index (χ0) is 17.7. The van der Waals surface area contributed by atoms with Gasteiger partial charge in [0.25, 0.3) is 11.8 Å². The molecule has 2 rings (SSSR count). The number of nitrogens with one attached hydrogen (secondary N) is 2. The first kappa shape index (κ1) is 18.3. The number of rotatable bonds is 5. The summed E-state index contributed by atoms with van der Waals surface area (Å²) in [4.78, 5) is 24.7. The molecule has 2 aromatic carbocycles. The van der Waals surface area contributed by atoms with E-state index in [1.807, 2.05) is 13.8 Å². The van der Waals surface area contributed by atoms with Crippen LogP contribution in [0.15, 0.2) is 42.5 Å². The SMILES string of the molecule is CC(C)CNC(=O)c1ccccc1NC(=O)c1cccc(Cl)c1Cl. The number of benzene rings is 2. The van der Waals surface area contributed by atoms with Gasteiger partial charge < -0.3 is 10.6 Å². The second-order valence-electron chi connectivity index (χ2n) is 5.70. The van der Waals surface area contributed by atoms with Crippen LogP contribution in [0.25, 0.3) is 0 Å². The summed E-state index contributed by atoms with van der Waals surface area (Å²) in [5.41, 5.74) is 1.06. The molecular formula is C18H18Cl2N2O2. The number of para-hydroxylation sites is 1. The van der Waals surface area contributed by atoms with E-state index in [-0.39, 0.29) is 16.5 Å². The maximum absolute atomic E-state index is 12.4. The van der Waals surface area contributed by atoms with Crippen molar-refractivity contribution in [3.63, 3.8) is 0 Å². The van der Waals surface area contributed by atoms with Gasteiger partial charge in [0.1, 0.15) is 0 Å². The Labute approximate surface area is 151 Å². The lowest BCUT2D eigenvalue weighted by Gasteiger charge is -2.13. The minimum absolute atomic E-state index is 0.179. The van der Waals surface area contributed by atoms with E-state index >= 15 is 0 Å². The van der Waals surface area contributed by atoms with Crippen LogP contribution in [0.2, 0.25) is 10.0 Å². The fourth-order valence-electron chi connectivity index (χ4n) is 2.05. The first-order valence-corrected chi connectivity index (χ1v) is 8.28. The summed E-state index contributed by atoms with van der Waals surface area (Å²) in [6.07, 6.45) is 0. The Bertz CT molecular complexity index is 760. The Morgan fingerprint density at radius 2 is 1.62 bits per heavy atom. The van der Waals surface area contributed by atoms with Crippen LogP contribution in [-0.2, 0) is 0 Å². The van der Waals surface area contributed by atoms with E-state index in [0.29, 0.717) is 28.7 Å². The Hall–Kier alpha value is -2.04. The summed E-state index contributed by atoms with van der Waals surface area (Å²) in [5, 5.41) is 6.03. The molecule has 0 aliphatic heterocycles. The molecule has 2 aromatic rings. The molecule has 0 aliphatic carbocycles. The van der Waals surface area contributed by atoms with E-state index in [2.05, 4.69) is 10.6 Å². The van der Waals surface area contributed by atoms with Crippen molar-refractivity contribution in [1.82, 2.24) is 5.32 Å². The fraction of sp³-hybridized carbons (Fsp3) is 0.222. The van der Waals surface area contributed by atoms with Gasteiger partial charge in [-0.1, -0.05) is 55.2 Å². The van der Waals surface area contributed by atoms with Crippen molar-refractivity contribution in [2.75, 3.05) is 11.9 Å². The summed E-state index contributed by atoms with van der Waals surface area (Å²) in [5.74, 6) is -0.329. The van der Waals surface area contributed by atoms with Crippen molar-refractivity contribution in [3.05, 3.63) is 63.6 Å². The van der Waals surface area contributed by atoms with Gasteiger partial charge in [0, 0.05) is 6.54 Å². The van der Waals surface area contributed by atoms with E-state index in [4.69, 9.17) is 23.2 Å². The van der Waals surface area contributed by atoms with E-state index in [1.54, 1.807) is 42.5 Å². The van der Waals surface area contributed by atoms with E-state index in [0.717, 1.165) is 0 Å². The molecule has 4 nitrogen and oxygen atoms in total. The molecule has 6 heteroatoms. The van der Waals surface area contributed by atoms with Gasteiger partial charge in [0.15, 0.2) is 0 Å². The molecule has 0 aliphatic rings. The van der Waals surface area contributed by atoms with E-state index in [9.17, 15) is 9.59 Å². The van der Waals surface area contributed by atoms with Crippen LogP contribution in [0.4, 0.5) is 5.69 Å². The molecule has 0 fully saturated rings. The molecule has 126 valence electrons. The second kappa shape index (κ2) is 8.18. The number of hydrogen-bond acceptors (Lipinski definition) is 2. The third-order valence-corrected chi connectivity index (χ3v) is 4.11. The van der Waals surface area contributed by atoms with Gasteiger partial charge in [-0.25, -0.2) is 0 Å². The van der Waals surface area contributed by atoms with Gasteiger partial charge in [0.05, 0.1) is 26.9 Å². The standard InChI is InChI=1S/C18H18Cl2N2O2/c1-11(2)10-21-17(23)12-6-3-4-9-15(12)22-18(24)13-7-5-8-14(19)16(13)20/h3-9,11H,10H2,1-2H3,(H,21,23)(H,22,24). The molecule has 0 bridgehead atoms. The molecule has 0 heterocycles. The average molecular weight is 365 g/mol. The molecule has 0 spiro atoms. The lowest BCUT2D eigenvalue weighted by atomic mass is 10.1. The maximum atomic E-state index is 12.4. The predicted molar refractivity (Wildman–Crippen MR) is 98.0 cm³/mol. The highest BCUT2D eigenvalue weighted by Crippen LogP contribution is 2.26. The number of carbonyl (C=O) groups is 2. The molecule has 2 N–H and O–H groups in total. The summed E-state index contributed by atoms with van der Waals surface area (Å²) in [7, 11) is 0. The number of halogens is 2. The smallest absolute Gasteiger partial charge is 0.257 e. The summed E-state index contributed by atoms with van der Waals surface area (Å²) in [6, 6.07) is 11.6. The molecule has 0 atom stereocenters. The van der Waals surface area contributed by atoms with E-state index < -0.39 is 5.91 Å². The van der Waals surface area contributed by atoms with Gasteiger partial charge in [-0.3, -0.25) is 9.59 Å². The van der Waals surface area contributed by atoms with Crippen LogP contribution in [-0.4, -0.2) is 18.4 Å². The van der Waals surface area contributed by atoms with Crippen LogP contribution < -0.4 is 10.6 Å². The van der Waals surface area contributed by atoms with Gasteiger partial charge in [-0.15, -0.1) is 0 Å². The first-order chi connectivity index (χ1) is 11.4. The Balaban J connectivity index is 2.22. The van der Waals surface area contributed by atoms with Gasteiger partial charge in [-0.05, 0) is 30.2 Å². The summed E-state index contributed by atoms with van der Waals surface area (Å²) >= 11 is 12.0. The summed E-state index contributed by atoms with van der Waals surface area (Å²) in [6.45, 7) is 4.57. The molecule has 0 saturated carbocycles. The van der Waals surface area contributed by atoms with Gasteiger partial charge in [0.2, 0.25) is 0 Å². The monoisotopic (exact) mass is 364 g/mol. The van der Waals surface area contributed by atoms with Gasteiger partial charge >= 0.3 is 0 Å². The zero-order valence-corrected chi connectivity index (χ0v) is 14.9. The van der Waals surface area contributed by atoms with E-state index in [1.165, 1.54) is 0 Å². The summed E-state index contributed by atoms with van der Waals surface area (Å²) < 4.78 is 0. The Morgan fingerprint density at radius 3 is 2.33 bits per heavy atom. The number of anilines is 1. The third-order valence-electron chi connectivity index (χ3n) is 3.29. The minimum Gasteiger partial charge on any atom is -0.352 e.